The highest BCUT2D eigenvalue weighted by atomic mass is 16.2. The molecule has 1 saturated heterocycles. The molecule has 2 N–H and O–H groups in total. The van der Waals surface area contributed by atoms with Gasteiger partial charge in [0.15, 0.2) is 0 Å². The summed E-state index contributed by atoms with van der Waals surface area (Å²) in [6.45, 7) is 7.38. The van der Waals surface area contributed by atoms with E-state index in [1.807, 2.05) is 0 Å². The highest BCUT2D eigenvalue weighted by Gasteiger charge is 2.29. The van der Waals surface area contributed by atoms with Crippen LogP contribution in [-0.4, -0.2) is 12.5 Å². The third kappa shape index (κ3) is 2.19. The Morgan fingerprint density at radius 3 is 2.45 bits per heavy atom. The van der Waals surface area contributed by atoms with Crippen molar-refractivity contribution in [2.24, 2.45) is 11.3 Å². The van der Waals surface area contributed by atoms with E-state index in [1.165, 1.54) is 0 Å². The molecule has 3 heteroatoms. The predicted octanol–water partition coefficient (Wildman–Crippen LogP) is 0.673. The van der Waals surface area contributed by atoms with Crippen molar-refractivity contribution in [3.8, 4) is 0 Å². The van der Waals surface area contributed by atoms with E-state index in [9.17, 15) is 4.79 Å². The second-order valence-corrected chi connectivity index (χ2v) is 4.20. The Labute approximate surface area is 67.5 Å². The number of hydrogen-bond donors (Lipinski definition) is 2. The lowest BCUT2D eigenvalue weighted by molar-refractivity contribution is -0.126. The number of nitrogens with one attached hydrogen (secondary N) is 2. The summed E-state index contributed by atoms with van der Waals surface area (Å²) in [4.78, 5) is 10.9. The maximum absolute atomic E-state index is 10.9. The molecule has 64 valence electrons. The van der Waals surface area contributed by atoms with E-state index in [0.717, 1.165) is 6.54 Å². The maximum Gasteiger partial charge on any atom is 0.234 e. The summed E-state index contributed by atoms with van der Waals surface area (Å²) in [5, 5.41) is 0. The molecule has 1 fully saturated rings. The third-order valence-corrected chi connectivity index (χ3v) is 2.23. The number of carbonyl (C=O) groups is 1. The van der Waals surface area contributed by atoms with Crippen LogP contribution in [0.3, 0.4) is 0 Å². The van der Waals surface area contributed by atoms with Crippen molar-refractivity contribution in [3.05, 3.63) is 0 Å². The van der Waals surface area contributed by atoms with Gasteiger partial charge in [-0.25, -0.2) is 5.43 Å². The van der Waals surface area contributed by atoms with Gasteiger partial charge in [-0.3, -0.25) is 10.2 Å². The molecule has 0 spiro atoms. The summed E-state index contributed by atoms with van der Waals surface area (Å²) in [6.07, 6.45) is 0.649. The lowest BCUT2D eigenvalue weighted by Crippen LogP contribution is -2.50. The van der Waals surface area contributed by atoms with Crippen LogP contribution in [0.15, 0.2) is 0 Å². The number of hydrazine groups is 1. The molecule has 1 atom stereocenters. The zero-order chi connectivity index (χ0) is 8.48. The van der Waals surface area contributed by atoms with Gasteiger partial charge in [0.2, 0.25) is 5.91 Å². The fourth-order valence-corrected chi connectivity index (χ4v) is 1.23. The molecule has 1 amide bonds. The van der Waals surface area contributed by atoms with Gasteiger partial charge in [-0.1, -0.05) is 20.8 Å². The summed E-state index contributed by atoms with van der Waals surface area (Å²) in [5.74, 6) is 0.562. The monoisotopic (exact) mass is 156 g/mol. The SMILES string of the molecule is CC(C)(C)C1CNNC(=O)C1. The quantitative estimate of drug-likeness (QED) is 0.541. The van der Waals surface area contributed by atoms with Crippen molar-refractivity contribution in [2.45, 2.75) is 27.2 Å². The molecular weight excluding hydrogens is 140 g/mol. The van der Waals surface area contributed by atoms with E-state index >= 15 is 0 Å². The Kier molecular flexibility index (Phi) is 2.18. The number of rotatable bonds is 0. The smallest absolute Gasteiger partial charge is 0.234 e. The average Bonchev–Trinajstić information content (AvgIpc) is 1.86. The summed E-state index contributed by atoms with van der Waals surface area (Å²) in [5.41, 5.74) is 5.71. The highest BCUT2D eigenvalue weighted by Crippen LogP contribution is 2.28. The molecule has 0 aliphatic carbocycles. The molecule has 0 radical (unpaired) electrons. The zero-order valence-electron chi connectivity index (χ0n) is 7.40. The van der Waals surface area contributed by atoms with Crippen LogP contribution in [0.5, 0.6) is 0 Å². The molecule has 1 heterocycles. The standard InChI is InChI=1S/C8H16N2O/c1-8(2,3)6-4-7(11)10-9-5-6/h6,9H,4-5H2,1-3H3,(H,10,11). The van der Waals surface area contributed by atoms with Gasteiger partial charge in [0, 0.05) is 13.0 Å². The summed E-state index contributed by atoms with van der Waals surface area (Å²) < 4.78 is 0. The van der Waals surface area contributed by atoms with Crippen LogP contribution < -0.4 is 10.9 Å². The highest BCUT2D eigenvalue weighted by molar-refractivity contribution is 5.76. The first kappa shape index (κ1) is 8.53. The normalized spacial score (nSPS) is 26.5. The van der Waals surface area contributed by atoms with Gasteiger partial charge in [-0.15, -0.1) is 0 Å². The molecule has 1 aliphatic rings. The van der Waals surface area contributed by atoms with E-state index in [4.69, 9.17) is 0 Å². The van der Waals surface area contributed by atoms with Crippen LogP contribution in [0.1, 0.15) is 27.2 Å². The first-order valence-electron chi connectivity index (χ1n) is 4.02. The van der Waals surface area contributed by atoms with Crippen LogP contribution in [0.25, 0.3) is 0 Å². The minimum atomic E-state index is 0.108. The number of hydrogen-bond acceptors (Lipinski definition) is 2. The molecule has 11 heavy (non-hydrogen) atoms. The molecule has 1 unspecified atom stereocenters. The van der Waals surface area contributed by atoms with Crippen molar-refractivity contribution in [1.29, 1.82) is 0 Å². The molecule has 0 aromatic carbocycles. The second-order valence-electron chi connectivity index (χ2n) is 4.20. The lowest BCUT2D eigenvalue weighted by Gasteiger charge is -2.33. The Morgan fingerprint density at radius 1 is 1.45 bits per heavy atom. The molecule has 0 aromatic heterocycles. The van der Waals surface area contributed by atoms with Crippen molar-refractivity contribution < 1.29 is 4.79 Å². The predicted molar refractivity (Wildman–Crippen MR) is 43.7 cm³/mol. The van der Waals surface area contributed by atoms with Gasteiger partial charge in [0.25, 0.3) is 0 Å². The van der Waals surface area contributed by atoms with Crippen LogP contribution in [0, 0.1) is 11.3 Å². The topological polar surface area (TPSA) is 41.1 Å². The van der Waals surface area contributed by atoms with Crippen LogP contribution in [-0.2, 0) is 4.79 Å². The largest absolute Gasteiger partial charge is 0.292 e. The zero-order valence-corrected chi connectivity index (χ0v) is 7.40. The molecule has 0 aromatic rings. The number of carbonyl (C=O) groups excluding carboxylic acids is 1. The van der Waals surface area contributed by atoms with E-state index in [-0.39, 0.29) is 11.3 Å². The van der Waals surface area contributed by atoms with Crippen LogP contribution in [0.2, 0.25) is 0 Å². The first-order chi connectivity index (χ1) is 5.00. The van der Waals surface area contributed by atoms with Gasteiger partial charge in [-0.05, 0) is 11.3 Å². The van der Waals surface area contributed by atoms with Gasteiger partial charge >= 0.3 is 0 Å². The minimum Gasteiger partial charge on any atom is -0.292 e. The Morgan fingerprint density at radius 2 is 2.09 bits per heavy atom. The summed E-state index contributed by atoms with van der Waals surface area (Å²) in [6, 6.07) is 0. The summed E-state index contributed by atoms with van der Waals surface area (Å²) >= 11 is 0. The van der Waals surface area contributed by atoms with E-state index < -0.39 is 0 Å². The Hall–Kier alpha value is -0.570. The lowest BCUT2D eigenvalue weighted by atomic mass is 9.78. The molecule has 3 nitrogen and oxygen atoms in total. The van der Waals surface area contributed by atoms with E-state index in [1.54, 1.807) is 0 Å². The van der Waals surface area contributed by atoms with Gasteiger partial charge in [-0.2, -0.15) is 0 Å². The Bertz CT molecular complexity index is 160. The van der Waals surface area contributed by atoms with Crippen molar-refractivity contribution in [3.63, 3.8) is 0 Å². The van der Waals surface area contributed by atoms with E-state index in [2.05, 4.69) is 31.6 Å². The fourth-order valence-electron chi connectivity index (χ4n) is 1.23. The van der Waals surface area contributed by atoms with Crippen LogP contribution >= 0.6 is 0 Å². The Balaban J connectivity index is 2.53. The minimum absolute atomic E-state index is 0.108. The van der Waals surface area contributed by atoms with Gasteiger partial charge in [0.05, 0.1) is 0 Å². The van der Waals surface area contributed by atoms with Crippen molar-refractivity contribution in [1.82, 2.24) is 10.9 Å². The maximum atomic E-state index is 10.9. The molecular formula is C8H16N2O. The number of amides is 1. The van der Waals surface area contributed by atoms with Crippen LogP contribution in [0.4, 0.5) is 0 Å². The first-order valence-corrected chi connectivity index (χ1v) is 4.02. The van der Waals surface area contributed by atoms with Gasteiger partial charge in [0.1, 0.15) is 0 Å². The molecule has 0 bridgehead atoms. The summed E-state index contributed by atoms with van der Waals surface area (Å²) in [7, 11) is 0. The molecule has 1 rings (SSSR count). The van der Waals surface area contributed by atoms with Crippen molar-refractivity contribution in [2.75, 3.05) is 6.54 Å². The van der Waals surface area contributed by atoms with E-state index in [0.29, 0.717) is 12.3 Å². The average molecular weight is 156 g/mol. The second kappa shape index (κ2) is 2.81. The van der Waals surface area contributed by atoms with Gasteiger partial charge < -0.3 is 0 Å². The molecule has 0 saturated carbocycles. The fraction of sp³-hybridized carbons (Fsp3) is 0.875. The molecule has 1 aliphatic heterocycles. The van der Waals surface area contributed by atoms with Crippen molar-refractivity contribution >= 4 is 5.91 Å². The third-order valence-electron chi connectivity index (χ3n) is 2.23.